The van der Waals surface area contributed by atoms with Crippen molar-refractivity contribution in [2.24, 2.45) is 0 Å². The van der Waals surface area contributed by atoms with Gasteiger partial charge in [-0.05, 0) is 6.92 Å². The number of carbonyl (C=O) groups excluding carboxylic acids is 1. The van der Waals surface area contributed by atoms with Gasteiger partial charge in [0.05, 0.1) is 23.8 Å². The summed E-state index contributed by atoms with van der Waals surface area (Å²) in [5.41, 5.74) is 1.90. The third kappa shape index (κ3) is 1.52. The maximum atomic E-state index is 10.4. The Morgan fingerprint density at radius 2 is 2.07 bits per heavy atom. The summed E-state index contributed by atoms with van der Waals surface area (Å²) < 4.78 is 0. The number of hydrogen-bond donors (Lipinski definition) is 1. The molecule has 2 heterocycles. The van der Waals surface area contributed by atoms with Crippen molar-refractivity contribution >= 4 is 6.29 Å². The van der Waals surface area contributed by atoms with Crippen molar-refractivity contribution in [3.05, 3.63) is 30.0 Å². The molecule has 5 heteroatoms. The molecule has 0 saturated carbocycles. The van der Waals surface area contributed by atoms with Crippen LogP contribution in [0.1, 0.15) is 16.2 Å². The Labute approximate surface area is 80.2 Å². The molecule has 2 aromatic rings. The van der Waals surface area contributed by atoms with Gasteiger partial charge in [0.1, 0.15) is 5.69 Å². The lowest BCUT2D eigenvalue weighted by Gasteiger charge is -1.94. The minimum atomic E-state index is 0.433. The van der Waals surface area contributed by atoms with Crippen molar-refractivity contribution < 1.29 is 4.79 Å². The Kier molecular flexibility index (Phi) is 2.06. The standard InChI is InChI=1S/C9H8N4O/c1-6-2-11-8(4-10-6)9-12-3-7(5-14)13-9/h2-5H,1H3,(H,12,13). The normalized spacial score (nSPS) is 10.1. The molecule has 1 N–H and O–H groups in total. The summed E-state index contributed by atoms with van der Waals surface area (Å²) in [7, 11) is 0. The number of nitrogens with zero attached hydrogens (tertiary/aromatic N) is 3. The highest BCUT2D eigenvalue weighted by molar-refractivity contribution is 5.72. The number of nitrogens with one attached hydrogen (secondary N) is 1. The third-order valence-electron chi connectivity index (χ3n) is 1.75. The van der Waals surface area contributed by atoms with E-state index in [2.05, 4.69) is 19.9 Å². The zero-order valence-corrected chi connectivity index (χ0v) is 7.56. The Bertz CT molecular complexity index is 446. The molecule has 0 unspecified atom stereocenters. The molecule has 0 bridgehead atoms. The SMILES string of the molecule is Cc1cnc(-c2ncc(C=O)[nH]2)cn1. The number of aryl methyl sites for hydroxylation is 1. The lowest BCUT2D eigenvalue weighted by molar-refractivity contribution is 0.111. The molecule has 0 atom stereocenters. The van der Waals surface area contributed by atoms with Crippen LogP contribution in [0, 0.1) is 6.92 Å². The van der Waals surface area contributed by atoms with Crippen LogP contribution < -0.4 is 0 Å². The molecule has 0 aliphatic rings. The molecule has 0 aromatic carbocycles. The molecule has 14 heavy (non-hydrogen) atoms. The molecule has 0 radical (unpaired) electrons. The van der Waals surface area contributed by atoms with Gasteiger partial charge in [-0.15, -0.1) is 0 Å². The maximum absolute atomic E-state index is 10.4. The van der Waals surface area contributed by atoms with Gasteiger partial charge >= 0.3 is 0 Å². The highest BCUT2D eigenvalue weighted by Gasteiger charge is 2.03. The summed E-state index contributed by atoms with van der Waals surface area (Å²) >= 11 is 0. The predicted molar refractivity (Wildman–Crippen MR) is 49.7 cm³/mol. The second-order valence-electron chi connectivity index (χ2n) is 2.85. The van der Waals surface area contributed by atoms with E-state index in [9.17, 15) is 4.79 Å². The molecule has 0 amide bonds. The van der Waals surface area contributed by atoms with E-state index in [4.69, 9.17) is 0 Å². The second kappa shape index (κ2) is 3.37. The van der Waals surface area contributed by atoms with E-state index in [1.807, 2.05) is 6.92 Å². The molecule has 0 aliphatic heterocycles. The molecule has 0 aliphatic carbocycles. The first kappa shape index (κ1) is 8.55. The quantitative estimate of drug-likeness (QED) is 0.713. The Hall–Kier alpha value is -2.04. The van der Waals surface area contributed by atoms with Gasteiger partial charge in [-0.1, -0.05) is 0 Å². The zero-order valence-electron chi connectivity index (χ0n) is 7.56. The molecular weight excluding hydrogens is 180 g/mol. The number of aldehydes is 1. The highest BCUT2D eigenvalue weighted by atomic mass is 16.1. The third-order valence-corrected chi connectivity index (χ3v) is 1.75. The van der Waals surface area contributed by atoms with Gasteiger partial charge in [0.15, 0.2) is 12.1 Å². The van der Waals surface area contributed by atoms with Crippen molar-refractivity contribution in [3.63, 3.8) is 0 Å². The average molecular weight is 188 g/mol. The van der Waals surface area contributed by atoms with Gasteiger partial charge in [0.25, 0.3) is 0 Å². The molecular formula is C9H8N4O. The second-order valence-corrected chi connectivity index (χ2v) is 2.85. The number of aromatic nitrogens is 4. The van der Waals surface area contributed by atoms with Gasteiger partial charge in [0, 0.05) is 6.20 Å². The Morgan fingerprint density at radius 1 is 1.21 bits per heavy atom. The lowest BCUT2D eigenvalue weighted by Crippen LogP contribution is -1.89. The summed E-state index contributed by atoms with van der Waals surface area (Å²) in [4.78, 5) is 25.4. The van der Waals surface area contributed by atoms with E-state index in [1.165, 1.54) is 6.20 Å². The van der Waals surface area contributed by atoms with E-state index < -0.39 is 0 Å². The Morgan fingerprint density at radius 3 is 2.64 bits per heavy atom. The fourth-order valence-corrected chi connectivity index (χ4v) is 1.04. The van der Waals surface area contributed by atoms with Crippen LogP contribution in [0.15, 0.2) is 18.6 Å². The fourth-order valence-electron chi connectivity index (χ4n) is 1.04. The first-order valence-corrected chi connectivity index (χ1v) is 4.09. The van der Waals surface area contributed by atoms with Crippen molar-refractivity contribution in [2.45, 2.75) is 6.92 Å². The van der Waals surface area contributed by atoms with Crippen LogP contribution >= 0.6 is 0 Å². The summed E-state index contributed by atoms with van der Waals surface area (Å²) in [5.74, 6) is 0.555. The van der Waals surface area contributed by atoms with Crippen molar-refractivity contribution in [1.82, 2.24) is 19.9 Å². The summed E-state index contributed by atoms with van der Waals surface area (Å²) in [5, 5.41) is 0. The van der Waals surface area contributed by atoms with Crippen LogP contribution in [0.25, 0.3) is 11.5 Å². The van der Waals surface area contributed by atoms with Crippen LogP contribution in [0.5, 0.6) is 0 Å². The number of rotatable bonds is 2. The fraction of sp³-hybridized carbons (Fsp3) is 0.111. The lowest BCUT2D eigenvalue weighted by atomic mass is 10.4. The molecule has 0 spiro atoms. The van der Waals surface area contributed by atoms with Gasteiger partial charge in [-0.2, -0.15) is 0 Å². The van der Waals surface area contributed by atoms with Gasteiger partial charge in [-0.3, -0.25) is 9.78 Å². The van der Waals surface area contributed by atoms with Crippen LogP contribution in [0.4, 0.5) is 0 Å². The molecule has 2 rings (SSSR count). The number of imidazole rings is 1. The van der Waals surface area contributed by atoms with Crippen molar-refractivity contribution in [1.29, 1.82) is 0 Å². The molecule has 5 nitrogen and oxygen atoms in total. The topological polar surface area (TPSA) is 71.5 Å². The average Bonchev–Trinajstić information content (AvgIpc) is 2.67. The number of carbonyl (C=O) groups is 1. The number of aromatic amines is 1. The highest BCUT2D eigenvalue weighted by Crippen LogP contribution is 2.10. The minimum Gasteiger partial charge on any atom is -0.334 e. The summed E-state index contributed by atoms with van der Waals surface area (Å²) in [6.45, 7) is 1.86. The minimum absolute atomic E-state index is 0.433. The predicted octanol–water partition coefficient (Wildman–Crippen LogP) is 0.988. The van der Waals surface area contributed by atoms with Crippen LogP contribution in [0.2, 0.25) is 0 Å². The summed E-state index contributed by atoms with van der Waals surface area (Å²) in [6, 6.07) is 0. The number of H-pyrrole nitrogens is 1. The monoisotopic (exact) mass is 188 g/mol. The van der Waals surface area contributed by atoms with Crippen LogP contribution in [-0.2, 0) is 0 Å². The van der Waals surface area contributed by atoms with E-state index >= 15 is 0 Å². The van der Waals surface area contributed by atoms with Crippen LogP contribution in [-0.4, -0.2) is 26.2 Å². The smallest absolute Gasteiger partial charge is 0.167 e. The Balaban J connectivity index is 2.39. The molecule has 0 saturated heterocycles. The van der Waals surface area contributed by atoms with Crippen molar-refractivity contribution in [3.8, 4) is 11.5 Å². The first-order chi connectivity index (χ1) is 6.79. The van der Waals surface area contributed by atoms with Crippen LogP contribution in [0.3, 0.4) is 0 Å². The van der Waals surface area contributed by atoms with Gasteiger partial charge < -0.3 is 4.98 Å². The number of hydrogen-bond acceptors (Lipinski definition) is 4. The first-order valence-electron chi connectivity index (χ1n) is 4.09. The largest absolute Gasteiger partial charge is 0.334 e. The summed E-state index contributed by atoms with van der Waals surface area (Å²) in [6.07, 6.45) is 5.43. The van der Waals surface area contributed by atoms with E-state index in [-0.39, 0.29) is 0 Å². The maximum Gasteiger partial charge on any atom is 0.167 e. The van der Waals surface area contributed by atoms with Gasteiger partial charge in [-0.25, -0.2) is 9.97 Å². The van der Waals surface area contributed by atoms with Crippen molar-refractivity contribution in [2.75, 3.05) is 0 Å². The molecule has 2 aromatic heterocycles. The van der Waals surface area contributed by atoms with E-state index in [1.54, 1.807) is 12.4 Å². The zero-order chi connectivity index (χ0) is 9.97. The van der Waals surface area contributed by atoms with E-state index in [0.29, 0.717) is 23.5 Å². The molecule has 70 valence electrons. The van der Waals surface area contributed by atoms with Gasteiger partial charge in [0.2, 0.25) is 0 Å². The van der Waals surface area contributed by atoms with E-state index in [0.717, 1.165) is 5.69 Å². The molecule has 0 fully saturated rings.